The third kappa shape index (κ3) is 7.00. The van der Waals surface area contributed by atoms with E-state index in [1.165, 1.54) is 6.92 Å². The topological polar surface area (TPSA) is 46.2 Å². The first-order chi connectivity index (χ1) is 6.06. The van der Waals surface area contributed by atoms with Crippen molar-refractivity contribution in [2.24, 2.45) is 0 Å². The zero-order valence-electron chi connectivity index (χ0n) is 8.09. The fraction of sp³-hybridized carbons (Fsp3) is 0.400. The maximum Gasteiger partial charge on any atom is 0.216 e. The third-order valence-corrected chi connectivity index (χ3v) is 1.44. The van der Waals surface area contributed by atoms with Gasteiger partial charge in [-0.25, -0.2) is 0 Å². The van der Waals surface area contributed by atoms with Crippen molar-refractivity contribution < 1.29 is 9.59 Å². The van der Waals surface area contributed by atoms with E-state index in [9.17, 15) is 9.59 Å². The molecule has 0 rings (SSSR count). The number of nitrogens with one attached hydrogen (secondary N) is 1. The van der Waals surface area contributed by atoms with Crippen LogP contribution in [0.3, 0.4) is 0 Å². The van der Waals surface area contributed by atoms with Gasteiger partial charge in [-0.05, 0) is 18.9 Å². The van der Waals surface area contributed by atoms with Gasteiger partial charge < -0.3 is 5.32 Å². The van der Waals surface area contributed by atoms with Crippen molar-refractivity contribution in [3.05, 3.63) is 23.8 Å². The predicted octanol–water partition coefficient (Wildman–Crippen LogP) is 1.21. The van der Waals surface area contributed by atoms with E-state index in [0.717, 1.165) is 11.9 Å². The minimum atomic E-state index is -0.0520. The molecule has 0 bridgehead atoms. The van der Waals surface area contributed by atoms with E-state index < -0.39 is 0 Å². The molecule has 1 N–H and O–H groups in total. The Balaban J connectivity index is 3.76. The van der Waals surface area contributed by atoms with Gasteiger partial charge in [0.15, 0.2) is 0 Å². The first-order valence-electron chi connectivity index (χ1n) is 4.12. The van der Waals surface area contributed by atoms with E-state index in [-0.39, 0.29) is 5.91 Å². The molecular formula is C10H15NO2. The van der Waals surface area contributed by atoms with Crippen LogP contribution >= 0.6 is 0 Å². The molecule has 0 aromatic rings. The maximum atomic E-state index is 10.5. The molecule has 1 amide bonds. The van der Waals surface area contributed by atoms with Gasteiger partial charge in [-0.3, -0.25) is 9.59 Å². The van der Waals surface area contributed by atoms with Gasteiger partial charge in [0.2, 0.25) is 5.91 Å². The van der Waals surface area contributed by atoms with E-state index in [1.54, 1.807) is 13.0 Å². The number of aldehydes is 1. The Bertz CT molecular complexity index is 241. The van der Waals surface area contributed by atoms with Gasteiger partial charge in [-0.1, -0.05) is 18.2 Å². The van der Waals surface area contributed by atoms with Crippen molar-refractivity contribution in [3.63, 3.8) is 0 Å². The summed E-state index contributed by atoms with van der Waals surface area (Å²) in [5, 5.41) is 2.65. The van der Waals surface area contributed by atoms with Gasteiger partial charge >= 0.3 is 0 Å². The van der Waals surface area contributed by atoms with Gasteiger partial charge in [0.05, 0.1) is 0 Å². The third-order valence-electron chi connectivity index (χ3n) is 1.44. The maximum absolute atomic E-state index is 10.5. The predicted molar refractivity (Wildman–Crippen MR) is 52.3 cm³/mol. The highest BCUT2D eigenvalue weighted by Crippen LogP contribution is 2.01. The molecule has 0 heterocycles. The van der Waals surface area contributed by atoms with Crippen LogP contribution in [0.5, 0.6) is 0 Å². The summed E-state index contributed by atoms with van der Waals surface area (Å²) in [5.74, 6) is -0.0520. The van der Waals surface area contributed by atoms with Gasteiger partial charge in [-0.2, -0.15) is 0 Å². The van der Waals surface area contributed by atoms with Crippen molar-refractivity contribution >= 4 is 12.2 Å². The standard InChI is InChI=1S/C10H15NO2/c1-8(6-9(2)7-12)4-5-11-10(3)13/h6-7H,1,4-5H2,2-3H3,(H,11,13)/b9-6+. The van der Waals surface area contributed by atoms with Crippen LogP contribution in [0.25, 0.3) is 0 Å². The van der Waals surface area contributed by atoms with Crippen molar-refractivity contribution in [3.8, 4) is 0 Å². The summed E-state index contributed by atoms with van der Waals surface area (Å²) in [6, 6.07) is 0. The molecule has 0 atom stereocenters. The quantitative estimate of drug-likeness (QED) is 0.393. The molecule has 0 unspecified atom stereocenters. The summed E-state index contributed by atoms with van der Waals surface area (Å²) in [6.07, 6.45) is 3.17. The average Bonchev–Trinajstić information content (AvgIpc) is 2.03. The minimum Gasteiger partial charge on any atom is -0.356 e. The molecule has 0 aliphatic rings. The van der Waals surface area contributed by atoms with Crippen molar-refractivity contribution in [1.82, 2.24) is 5.32 Å². The summed E-state index contributed by atoms with van der Waals surface area (Å²) in [6.45, 7) is 7.51. The molecule has 0 saturated carbocycles. The van der Waals surface area contributed by atoms with Crippen molar-refractivity contribution in [2.75, 3.05) is 6.54 Å². The highest BCUT2D eigenvalue weighted by Gasteiger charge is 1.93. The Morgan fingerprint density at radius 1 is 1.46 bits per heavy atom. The summed E-state index contributed by atoms with van der Waals surface area (Å²) in [7, 11) is 0. The summed E-state index contributed by atoms with van der Waals surface area (Å²) < 4.78 is 0. The Hall–Kier alpha value is -1.38. The van der Waals surface area contributed by atoms with E-state index in [1.807, 2.05) is 0 Å². The van der Waals surface area contributed by atoms with Crippen molar-refractivity contribution in [2.45, 2.75) is 20.3 Å². The fourth-order valence-corrected chi connectivity index (χ4v) is 0.827. The number of carbonyl (C=O) groups excluding carboxylic acids is 2. The second kappa shape index (κ2) is 6.17. The van der Waals surface area contributed by atoms with Crippen LogP contribution in [0.15, 0.2) is 23.8 Å². The lowest BCUT2D eigenvalue weighted by Gasteiger charge is -2.01. The van der Waals surface area contributed by atoms with Crippen LogP contribution in [-0.4, -0.2) is 18.7 Å². The molecule has 13 heavy (non-hydrogen) atoms. The molecule has 0 fully saturated rings. The lowest BCUT2D eigenvalue weighted by Crippen LogP contribution is -2.20. The van der Waals surface area contributed by atoms with Gasteiger partial charge in [0.25, 0.3) is 0 Å². The van der Waals surface area contributed by atoms with Gasteiger partial charge in [0, 0.05) is 13.5 Å². The molecule has 3 heteroatoms. The molecule has 72 valence electrons. The number of allylic oxidation sites excluding steroid dienone is 2. The first-order valence-corrected chi connectivity index (χ1v) is 4.12. The number of carbonyl (C=O) groups is 2. The monoisotopic (exact) mass is 181 g/mol. The molecular weight excluding hydrogens is 166 g/mol. The van der Waals surface area contributed by atoms with E-state index >= 15 is 0 Å². The highest BCUT2D eigenvalue weighted by molar-refractivity contribution is 5.73. The molecule has 0 aromatic heterocycles. The van der Waals surface area contributed by atoms with E-state index in [4.69, 9.17) is 0 Å². The summed E-state index contributed by atoms with van der Waals surface area (Å²) in [5.41, 5.74) is 1.49. The highest BCUT2D eigenvalue weighted by atomic mass is 16.1. The zero-order chi connectivity index (χ0) is 10.3. The molecule has 0 aliphatic carbocycles. The summed E-state index contributed by atoms with van der Waals surface area (Å²) >= 11 is 0. The molecule has 0 spiro atoms. The first kappa shape index (κ1) is 11.6. The molecule has 0 aliphatic heterocycles. The zero-order valence-corrected chi connectivity index (χ0v) is 8.09. The lowest BCUT2D eigenvalue weighted by atomic mass is 10.1. The molecule has 0 aromatic carbocycles. The van der Waals surface area contributed by atoms with Crippen molar-refractivity contribution in [1.29, 1.82) is 0 Å². The average molecular weight is 181 g/mol. The molecule has 0 radical (unpaired) electrons. The van der Waals surface area contributed by atoms with Crippen LogP contribution in [0.1, 0.15) is 20.3 Å². The number of amides is 1. The SMILES string of the molecule is C=C(/C=C(\C)C=O)CCNC(C)=O. The Morgan fingerprint density at radius 3 is 2.54 bits per heavy atom. The lowest BCUT2D eigenvalue weighted by molar-refractivity contribution is -0.118. The van der Waals surface area contributed by atoms with Gasteiger partial charge in [-0.15, -0.1) is 0 Å². The number of hydrogen-bond donors (Lipinski definition) is 1. The second-order valence-electron chi connectivity index (χ2n) is 2.90. The Labute approximate surface area is 78.5 Å². The normalized spacial score (nSPS) is 10.8. The summed E-state index contributed by atoms with van der Waals surface area (Å²) in [4.78, 5) is 20.7. The van der Waals surface area contributed by atoms with Crippen LogP contribution in [0, 0.1) is 0 Å². The number of rotatable bonds is 5. The molecule has 0 saturated heterocycles. The van der Waals surface area contributed by atoms with Crippen LogP contribution in [-0.2, 0) is 9.59 Å². The van der Waals surface area contributed by atoms with Gasteiger partial charge in [0.1, 0.15) is 6.29 Å². The second-order valence-corrected chi connectivity index (χ2v) is 2.90. The number of hydrogen-bond acceptors (Lipinski definition) is 2. The Kier molecular flexibility index (Phi) is 5.52. The van der Waals surface area contributed by atoms with Crippen LogP contribution in [0.4, 0.5) is 0 Å². The van der Waals surface area contributed by atoms with Crippen LogP contribution < -0.4 is 5.32 Å². The van der Waals surface area contributed by atoms with E-state index in [0.29, 0.717) is 18.5 Å². The largest absolute Gasteiger partial charge is 0.356 e. The van der Waals surface area contributed by atoms with E-state index in [2.05, 4.69) is 11.9 Å². The molecule has 3 nitrogen and oxygen atoms in total. The Morgan fingerprint density at radius 2 is 2.08 bits per heavy atom. The minimum absolute atomic E-state index is 0.0520. The van der Waals surface area contributed by atoms with Crippen LogP contribution in [0.2, 0.25) is 0 Å². The smallest absolute Gasteiger partial charge is 0.216 e. The fourth-order valence-electron chi connectivity index (χ4n) is 0.827.